The molecule has 19 heavy (non-hydrogen) atoms. The lowest BCUT2D eigenvalue weighted by Crippen LogP contribution is -2.47. The molecule has 0 aromatic heterocycles. The molecule has 2 heterocycles. The van der Waals surface area contributed by atoms with E-state index in [0.717, 1.165) is 18.8 Å². The predicted molar refractivity (Wildman–Crippen MR) is 75.1 cm³/mol. The summed E-state index contributed by atoms with van der Waals surface area (Å²) >= 11 is 0. The minimum absolute atomic E-state index is 0.203. The SMILES string of the molecule is CN=C(NCCCS(C)(=O)=O)NC1CC2CCC1O2. The van der Waals surface area contributed by atoms with E-state index in [2.05, 4.69) is 15.6 Å². The highest BCUT2D eigenvalue weighted by atomic mass is 32.2. The van der Waals surface area contributed by atoms with E-state index in [4.69, 9.17) is 4.74 Å². The molecule has 110 valence electrons. The molecule has 3 atom stereocenters. The lowest BCUT2D eigenvalue weighted by Gasteiger charge is -2.22. The molecule has 2 aliphatic rings. The van der Waals surface area contributed by atoms with Gasteiger partial charge in [-0.2, -0.15) is 0 Å². The molecule has 0 radical (unpaired) electrons. The fraction of sp³-hybridized carbons (Fsp3) is 0.917. The summed E-state index contributed by atoms with van der Waals surface area (Å²) in [6.07, 6.45) is 5.88. The molecule has 0 aromatic carbocycles. The molecule has 6 nitrogen and oxygen atoms in total. The molecule has 2 rings (SSSR count). The van der Waals surface area contributed by atoms with E-state index in [1.54, 1.807) is 7.05 Å². The number of hydrogen-bond donors (Lipinski definition) is 2. The first-order chi connectivity index (χ1) is 8.98. The minimum Gasteiger partial charge on any atom is -0.373 e. The smallest absolute Gasteiger partial charge is 0.191 e. The van der Waals surface area contributed by atoms with E-state index < -0.39 is 9.84 Å². The van der Waals surface area contributed by atoms with Crippen LogP contribution in [-0.4, -0.2) is 58.2 Å². The zero-order valence-electron chi connectivity index (χ0n) is 11.6. The van der Waals surface area contributed by atoms with Gasteiger partial charge in [-0.05, 0) is 25.7 Å². The zero-order chi connectivity index (χ0) is 13.9. The fourth-order valence-corrected chi connectivity index (χ4v) is 3.37. The highest BCUT2D eigenvalue weighted by molar-refractivity contribution is 7.90. The summed E-state index contributed by atoms with van der Waals surface area (Å²) in [6.45, 7) is 0.606. The maximum absolute atomic E-state index is 11.0. The van der Waals surface area contributed by atoms with Crippen LogP contribution >= 0.6 is 0 Å². The van der Waals surface area contributed by atoms with E-state index in [0.29, 0.717) is 31.2 Å². The van der Waals surface area contributed by atoms with Crippen molar-refractivity contribution in [2.24, 2.45) is 4.99 Å². The summed E-state index contributed by atoms with van der Waals surface area (Å²) in [5.41, 5.74) is 0. The van der Waals surface area contributed by atoms with Crippen LogP contribution in [0.2, 0.25) is 0 Å². The molecule has 7 heteroatoms. The number of nitrogens with one attached hydrogen (secondary N) is 2. The molecule has 0 aromatic rings. The van der Waals surface area contributed by atoms with Crippen molar-refractivity contribution in [1.29, 1.82) is 0 Å². The fourth-order valence-electron chi connectivity index (χ4n) is 2.70. The number of sulfone groups is 1. The highest BCUT2D eigenvalue weighted by Gasteiger charge is 2.40. The number of nitrogens with zero attached hydrogens (tertiary/aromatic N) is 1. The second-order valence-corrected chi connectivity index (χ2v) is 7.60. The van der Waals surface area contributed by atoms with Crippen LogP contribution in [0.4, 0.5) is 0 Å². The normalized spacial score (nSPS) is 30.6. The van der Waals surface area contributed by atoms with Crippen LogP contribution in [0.5, 0.6) is 0 Å². The molecule has 2 saturated heterocycles. The molecule has 0 aliphatic carbocycles. The van der Waals surface area contributed by atoms with Crippen LogP contribution in [0.1, 0.15) is 25.7 Å². The van der Waals surface area contributed by atoms with Crippen LogP contribution in [0.25, 0.3) is 0 Å². The Bertz CT molecular complexity index is 436. The largest absolute Gasteiger partial charge is 0.373 e. The minimum atomic E-state index is -2.88. The molecule has 0 spiro atoms. The average Bonchev–Trinajstić information content (AvgIpc) is 2.93. The van der Waals surface area contributed by atoms with E-state index in [-0.39, 0.29) is 5.75 Å². The van der Waals surface area contributed by atoms with Crippen molar-refractivity contribution in [2.75, 3.05) is 25.6 Å². The molecule has 2 bridgehead atoms. The third-order valence-corrected chi connectivity index (χ3v) is 4.67. The molecular formula is C12H23N3O3S. The second kappa shape index (κ2) is 6.09. The van der Waals surface area contributed by atoms with Gasteiger partial charge in [0.25, 0.3) is 0 Å². The number of aliphatic imine (C=N–C) groups is 1. The zero-order valence-corrected chi connectivity index (χ0v) is 12.4. The number of hydrogen-bond acceptors (Lipinski definition) is 4. The maximum atomic E-state index is 11.0. The van der Waals surface area contributed by atoms with Crippen molar-refractivity contribution in [3.8, 4) is 0 Å². The molecule has 0 amide bonds. The van der Waals surface area contributed by atoms with Gasteiger partial charge >= 0.3 is 0 Å². The van der Waals surface area contributed by atoms with Crippen LogP contribution in [0, 0.1) is 0 Å². The topological polar surface area (TPSA) is 79.8 Å². The van der Waals surface area contributed by atoms with Crippen LogP contribution in [0.15, 0.2) is 4.99 Å². The first kappa shape index (κ1) is 14.6. The lowest BCUT2D eigenvalue weighted by molar-refractivity contribution is 0.0992. The van der Waals surface area contributed by atoms with Crippen LogP contribution in [-0.2, 0) is 14.6 Å². The summed E-state index contributed by atoms with van der Waals surface area (Å²) in [4.78, 5) is 4.16. The Morgan fingerprint density at radius 3 is 2.74 bits per heavy atom. The van der Waals surface area contributed by atoms with Crippen molar-refractivity contribution in [3.63, 3.8) is 0 Å². The molecule has 0 saturated carbocycles. The standard InChI is InChI=1S/C12H23N3O3S/c1-13-12(14-6-3-7-19(2,16)17)15-10-8-9-4-5-11(10)18-9/h9-11H,3-8H2,1-2H3,(H2,13,14,15). The Hall–Kier alpha value is -0.820. The van der Waals surface area contributed by atoms with Crippen molar-refractivity contribution < 1.29 is 13.2 Å². The first-order valence-corrected chi connectivity index (χ1v) is 8.84. The van der Waals surface area contributed by atoms with Gasteiger partial charge in [-0.3, -0.25) is 4.99 Å². The van der Waals surface area contributed by atoms with Gasteiger partial charge < -0.3 is 15.4 Å². The highest BCUT2D eigenvalue weighted by Crippen LogP contribution is 2.34. The van der Waals surface area contributed by atoms with Crippen LogP contribution in [0.3, 0.4) is 0 Å². The Morgan fingerprint density at radius 1 is 1.42 bits per heavy atom. The van der Waals surface area contributed by atoms with Crippen molar-refractivity contribution in [3.05, 3.63) is 0 Å². The summed E-state index contributed by atoms with van der Waals surface area (Å²) in [5.74, 6) is 0.934. The number of ether oxygens (including phenoxy) is 1. The molecule has 2 N–H and O–H groups in total. The summed E-state index contributed by atoms with van der Waals surface area (Å²) < 4.78 is 27.8. The number of guanidine groups is 1. The van der Waals surface area contributed by atoms with Gasteiger partial charge in [0.1, 0.15) is 9.84 Å². The van der Waals surface area contributed by atoms with E-state index in [1.807, 2.05) is 0 Å². The van der Waals surface area contributed by atoms with Gasteiger partial charge in [-0.15, -0.1) is 0 Å². The number of fused-ring (bicyclic) bond motifs is 2. The molecular weight excluding hydrogens is 266 g/mol. The van der Waals surface area contributed by atoms with E-state index in [9.17, 15) is 8.42 Å². The molecule has 2 aliphatic heterocycles. The van der Waals surface area contributed by atoms with Gasteiger partial charge in [0.15, 0.2) is 5.96 Å². The Labute approximate surface area is 114 Å². The third-order valence-electron chi connectivity index (χ3n) is 3.64. The second-order valence-electron chi connectivity index (χ2n) is 5.34. The Kier molecular flexibility index (Phi) is 4.67. The van der Waals surface area contributed by atoms with E-state index in [1.165, 1.54) is 12.7 Å². The summed E-state index contributed by atoms with van der Waals surface area (Å²) in [5, 5.41) is 6.51. The van der Waals surface area contributed by atoms with Gasteiger partial charge in [0, 0.05) is 19.8 Å². The van der Waals surface area contributed by atoms with Crippen LogP contribution < -0.4 is 10.6 Å². The number of rotatable bonds is 5. The maximum Gasteiger partial charge on any atom is 0.191 e. The van der Waals surface area contributed by atoms with Gasteiger partial charge in [0.05, 0.1) is 24.0 Å². The van der Waals surface area contributed by atoms with E-state index >= 15 is 0 Å². The van der Waals surface area contributed by atoms with Gasteiger partial charge in [0.2, 0.25) is 0 Å². The van der Waals surface area contributed by atoms with Crippen molar-refractivity contribution in [2.45, 2.75) is 43.9 Å². The molecule has 3 unspecified atom stereocenters. The predicted octanol–water partition coefficient (Wildman–Crippen LogP) is -0.0940. The van der Waals surface area contributed by atoms with Gasteiger partial charge in [-0.25, -0.2) is 8.42 Å². The summed E-state index contributed by atoms with van der Waals surface area (Å²) in [7, 11) is -1.16. The quantitative estimate of drug-likeness (QED) is 0.420. The average molecular weight is 289 g/mol. The van der Waals surface area contributed by atoms with Gasteiger partial charge in [-0.1, -0.05) is 0 Å². The summed E-state index contributed by atoms with van der Waals surface area (Å²) in [6, 6.07) is 0.333. The lowest BCUT2D eigenvalue weighted by atomic mass is 9.96. The third kappa shape index (κ3) is 4.35. The Morgan fingerprint density at radius 2 is 2.21 bits per heavy atom. The van der Waals surface area contributed by atoms with Crippen molar-refractivity contribution in [1.82, 2.24) is 10.6 Å². The van der Waals surface area contributed by atoms with Crippen molar-refractivity contribution >= 4 is 15.8 Å². The first-order valence-electron chi connectivity index (χ1n) is 6.78. The molecule has 2 fully saturated rings. The Balaban J connectivity index is 1.69. The monoisotopic (exact) mass is 289 g/mol.